The van der Waals surface area contributed by atoms with Gasteiger partial charge >= 0.3 is 5.97 Å². The maximum atomic E-state index is 11.7. The number of carbonyl (C=O) groups excluding carboxylic acids is 1. The Morgan fingerprint density at radius 3 is 2.62 bits per heavy atom. The van der Waals surface area contributed by atoms with Crippen LogP contribution >= 0.6 is 11.8 Å². The van der Waals surface area contributed by atoms with Crippen molar-refractivity contribution < 1.29 is 18.7 Å². The van der Waals surface area contributed by atoms with Crippen molar-refractivity contribution in [2.75, 3.05) is 12.4 Å². The van der Waals surface area contributed by atoms with E-state index in [1.165, 1.54) is 0 Å². The van der Waals surface area contributed by atoms with Crippen LogP contribution in [0, 0.1) is 0 Å². The molecule has 0 saturated heterocycles. The molecule has 0 bridgehead atoms. The number of nitrogens with two attached hydrogens (primary N) is 1. The number of thioether (sulfide) groups is 1. The lowest BCUT2D eigenvalue weighted by molar-refractivity contribution is -0.131. The molecular weight excluding hydrogens is 294 g/mol. The number of aromatic nitrogens is 2. The van der Waals surface area contributed by atoms with Crippen molar-refractivity contribution >= 4 is 17.7 Å². The van der Waals surface area contributed by atoms with Gasteiger partial charge in [-0.3, -0.25) is 4.79 Å². The van der Waals surface area contributed by atoms with Crippen LogP contribution in [0.4, 0.5) is 0 Å². The summed E-state index contributed by atoms with van der Waals surface area (Å²) < 4.78 is 15.6. The average molecular weight is 309 g/mol. The van der Waals surface area contributed by atoms with Gasteiger partial charge in [0.15, 0.2) is 0 Å². The summed E-state index contributed by atoms with van der Waals surface area (Å²) in [5.41, 5.74) is 5.35. The van der Waals surface area contributed by atoms with Crippen LogP contribution in [-0.2, 0) is 11.3 Å². The number of benzene rings is 1. The molecule has 2 rings (SSSR count). The van der Waals surface area contributed by atoms with E-state index in [1.54, 1.807) is 24.3 Å². The van der Waals surface area contributed by atoms with Crippen LogP contribution < -0.4 is 15.2 Å². The van der Waals surface area contributed by atoms with E-state index < -0.39 is 5.97 Å². The lowest BCUT2D eigenvalue weighted by Crippen LogP contribution is -2.10. The Labute approximate surface area is 125 Å². The minimum atomic E-state index is -0.406. The molecular formula is C13H15N3O4S. The number of rotatable bonds is 7. The molecule has 0 atom stereocenters. The molecule has 1 aromatic carbocycles. The van der Waals surface area contributed by atoms with Crippen LogP contribution in [0.25, 0.3) is 0 Å². The van der Waals surface area contributed by atoms with Gasteiger partial charge in [0.2, 0.25) is 5.89 Å². The molecule has 7 nitrogen and oxygen atoms in total. The molecule has 0 spiro atoms. The molecule has 112 valence electrons. The number of nitrogens with zero attached hydrogens (tertiary/aromatic N) is 2. The fraction of sp³-hybridized carbons (Fsp3) is 0.308. The number of hydrogen-bond donors (Lipinski definition) is 1. The van der Waals surface area contributed by atoms with Crippen LogP contribution in [0.3, 0.4) is 0 Å². The van der Waals surface area contributed by atoms with Crippen molar-refractivity contribution in [2.24, 2.45) is 5.73 Å². The molecule has 0 amide bonds. The first kappa shape index (κ1) is 15.3. The van der Waals surface area contributed by atoms with Gasteiger partial charge in [-0.05, 0) is 31.2 Å². The molecule has 1 heterocycles. The maximum absolute atomic E-state index is 11.7. The van der Waals surface area contributed by atoms with Crippen molar-refractivity contribution in [1.29, 1.82) is 0 Å². The average Bonchev–Trinajstić information content (AvgIpc) is 2.96. The van der Waals surface area contributed by atoms with Gasteiger partial charge in [0.1, 0.15) is 17.3 Å². The zero-order valence-corrected chi connectivity index (χ0v) is 12.3. The molecule has 0 aliphatic rings. The third-order valence-electron chi connectivity index (χ3n) is 2.30. The van der Waals surface area contributed by atoms with Gasteiger partial charge in [-0.2, -0.15) is 0 Å². The molecule has 21 heavy (non-hydrogen) atoms. The Hall–Kier alpha value is -2.06. The molecule has 0 aliphatic carbocycles. The smallest absolute Gasteiger partial charge is 0.321 e. The zero-order chi connectivity index (χ0) is 15.1. The second-order valence-corrected chi connectivity index (χ2v) is 4.76. The van der Waals surface area contributed by atoms with E-state index in [-0.39, 0.29) is 12.3 Å². The van der Waals surface area contributed by atoms with Crippen LogP contribution in [0.1, 0.15) is 12.8 Å². The molecule has 0 radical (unpaired) electrons. The lowest BCUT2D eigenvalue weighted by Gasteiger charge is -2.05. The van der Waals surface area contributed by atoms with E-state index in [9.17, 15) is 4.79 Å². The fourth-order valence-electron chi connectivity index (χ4n) is 1.43. The van der Waals surface area contributed by atoms with E-state index in [0.29, 0.717) is 23.5 Å². The van der Waals surface area contributed by atoms with Crippen LogP contribution in [0.2, 0.25) is 0 Å². The fourth-order valence-corrected chi connectivity index (χ4v) is 1.99. The van der Waals surface area contributed by atoms with Crippen LogP contribution in [0.5, 0.6) is 11.5 Å². The monoisotopic (exact) mass is 309 g/mol. The Kier molecular flexibility index (Phi) is 5.59. The summed E-state index contributed by atoms with van der Waals surface area (Å²) in [6.45, 7) is 2.66. The minimum Gasteiger partial charge on any atom is -0.494 e. The topological polar surface area (TPSA) is 100 Å². The highest BCUT2D eigenvalue weighted by Gasteiger charge is 2.10. The highest BCUT2D eigenvalue weighted by atomic mass is 32.2. The summed E-state index contributed by atoms with van der Waals surface area (Å²) in [7, 11) is 0. The third-order valence-corrected chi connectivity index (χ3v) is 3.09. The molecule has 0 fully saturated rings. The number of ether oxygens (including phenoxy) is 2. The Bertz CT molecular complexity index is 585. The molecule has 0 saturated carbocycles. The van der Waals surface area contributed by atoms with Crippen LogP contribution in [0.15, 0.2) is 33.9 Å². The summed E-state index contributed by atoms with van der Waals surface area (Å²) in [4.78, 5) is 11.7. The van der Waals surface area contributed by atoms with Gasteiger partial charge in [0, 0.05) is 0 Å². The summed E-state index contributed by atoms with van der Waals surface area (Å²) in [5.74, 6) is 1.18. The van der Waals surface area contributed by atoms with E-state index in [1.807, 2.05) is 6.92 Å². The molecule has 0 unspecified atom stereocenters. The molecule has 8 heteroatoms. The standard InChI is InChI=1S/C13H15N3O4S/c1-2-18-9-3-5-10(6-4-9)19-12(17)8-21-13-16-15-11(7-14)20-13/h3-6H,2,7-8,14H2,1H3. The van der Waals surface area contributed by atoms with Crippen molar-refractivity contribution in [3.63, 3.8) is 0 Å². The second-order valence-electron chi connectivity index (χ2n) is 3.83. The predicted molar refractivity (Wildman–Crippen MR) is 76.2 cm³/mol. The summed E-state index contributed by atoms with van der Waals surface area (Å²) in [5, 5.41) is 7.73. The first-order chi connectivity index (χ1) is 10.2. The van der Waals surface area contributed by atoms with E-state index >= 15 is 0 Å². The van der Waals surface area contributed by atoms with E-state index in [4.69, 9.17) is 19.6 Å². The van der Waals surface area contributed by atoms with Crippen molar-refractivity contribution in [2.45, 2.75) is 18.7 Å². The van der Waals surface area contributed by atoms with Gasteiger partial charge in [0.25, 0.3) is 5.22 Å². The second kappa shape index (κ2) is 7.65. The largest absolute Gasteiger partial charge is 0.494 e. The van der Waals surface area contributed by atoms with Crippen LogP contribution in [-0.4, -0.2) is 28.5 Å². The van der Waals surface area contributed by atoms with E-state index in [2.05, 4.69) is 10.2 Å². The van der Waals surface area contributed by atoms with Gasteiger partial charge in [-0.1, -0.05) is 11.8 Å². The Morgan fingerprint density at radius 2 is 2.00 bits per heavy atom. The highest BCUT2D eigenvalue weighted by molar-refractivity contribution is 7.99. The highest BCUT2D eigenvalue weighted by Crippen LogP contribution is 2.20. The third kappa shape index (κ3) is 4.76. The maximum Gasteiger partial charge on any atom is 0.321 e. The Balaban J connectivity index is 1.81. The van der Waals surface area contributed by atoms with Gasteiger partial charge in [-0.25, -0.2) is 0 Å². The van der Waals surface area contributed by atoms with Crippen molar-refractivity contribution in [3.8, 4) is 11.5 Å². The minimum absolute atomic E-state index is 0.0689. The number of hydrogen-bond acceptors (Lipinski definition) is 8. The zero-order valence-electron chi connectivity index (χ0n) is 11.4. The molecule has 2 N–H and O–H groups in total. The summed E-state index contributed by atoms with van der Waals surface area (Å²) in [6, 6.07) is 6.83. The van der Waals surface area contributed by atoms with Gasteiger partial charge < -0.3 is 19.6 Å². The summed E-state index contributed by atoms with van der Waals surface area (Å²) >= 11 is 1.10. The van der Waals surface area contributed by atoms with E-state index in [0.717, 1.165) is 17.5 Å². The molecule has 0 aliphatic heterocycles. The lowest BCUT2D eigenvalue weighted by atomic mass is 10.3. The van der Waals surface area contributed by atoms with Crippen molar-refractivity contribution in [3.05, 3.63) is 30.2 Å². The molecule has 1 aromatic heterocycles. The SMILES string of the molecule is CCOc1ccc(OC(=O)CSc2nnc(CN)o2)cc1. The van der Waals surface area contributed by atoms with Gasteiger partial charge in [-0.15, -0.1) is 10.2 Å². The number of carbonyl (C=O) groups is 1. The first-order valence-corrected chi connectivity index (χ1v) is 7.28. The number of esters is 1. The summed E-state index contributed by atoms with van der Waals surface area (Å²) in [6.07, 6.45) is 0. The predicted octanol–water partition coefficient (Wildman–Crippen LogP) is 1.62. The first-order valence-electron chi connectivity index (χ1n) is 6.30. The Morgan fingerprint density at radius 1 is 1.29 bits per heavy atom. The molecule has 2 aromatic rings. The van der Waals surface area contributed by atoms with Crippen molar-refractivity contribution in [1.82, 2.24) is 10.2 Å². The van der Waals surface area contributed by atoms with Gasteiger partial charge in [0.05, 0.1) is 13.2 Å². The normalized spacial score (nSPS) is 10.4. The quantitative estimate of drug-likeness (QED) is 0.468.